The fourth-order valence-corrected chi connectivity index (χ4v) is 0.861. The quantitative estimate of drug-likeness (QED) is 0.471. The van der Waals surface area contributed by atoms with Crippen LogP contribution in [0.15, 0.2) is 0 Å². The molecule has 0 aromatic rings. The minimum atomic E-state index is -0.288. The van der Waals surface area contributed by atoms with Crippen molar-refractivity contribution in [3.05, 3.63) is 0 Å². The summed E-state index contributed by atoms with van der Waals surface area (Å²) in [5.74, 6) is 0.0345. The molecule has 1 atom stereocenters. The minimum absolute atomic E-state index is 0.214. The van der Waals surface area contributed by atoms with Gasteiger partial charge in [-0.05, 0) is 6.92 Å². The Morgan fingerprint density at radius 1 is 1.64 bits per heavy atom. The summed E-state index contributed by atoms with van der Waals surface area (Å²) >= 11 is 5.51. The maximum atomic E-state index is 10.7. The van der Waals surface area contributed by atoms with Crippen molar-refractivity contribution in [3.8, 4) is 0 Å². The Kier molecular flexibility index (Phi) is 6.27. The van der Waals surface area contributed by atoms with E-state index in [9.17, 15) is 4.79 Å². The van der Waals surface area contributed by atoms with E-state index in [1.165, 1.54) is 7.11 Å². The first-order valence-electron chi connectivity index (χ1n) is 3.49. The summed E-state index contributed by atoms with van der Waals surface area (Å²) in [5.41, 5.74) is 0. The standard InChI is InChI=1S/C7H13ClO3/c1-3-11-6(5-8)4-7(9)10-2/h6H,3-5H2,1-2H3. The Labute approximate surface area is 71.6 Å². The average molecular weight is 181 g/mol. The van der Waals surface area contributed by atoms with Crippen molar-refractivity contribution in [2.45, 2.75) is 19.4 Å². The first kappa shape index (κ1) is 10.7. The maximum Gasteiger partial charge on any atom is 0.308 e. The van der Waals surface area contributed by atoms with Gasteiger partial charge in [0.25, 0.3) is 0 Å². The monoisotopic (exact) mass is 180 g/mol. The van der Waals surface area contributed by atoms with Gasteiger partial charge < -0.3 is 9.47 Å². The first-order valence-corrected chi connectivity index (χ1v) is 4.02. The van der Waals surface area contributed by atoms with Gasteiger partial charge in [-0.15, -0.1) is 11.6 Å². The van der Waals surface area contributed by atoms with Crippen LogP contribution in [0.1, 0.15) is 13.3 Å². The lowest BCUT2D eigenvalue weighted by Crippen LogP contribution is -2.20. The number of halogens is 1. The maximum absolute atomic E-state index is 10.7. The zero-order valence-electron chi connectivity index (χ0n) is 6.80. The molecule has 4 heteroatoms. The smallest absolute Gasteiger partial charge is 0.308 e. The number of carbonyl (C=O) groups is 1. The molecule has 0 spiro atoms. The molecule has 0 radical (unpaired) electrons. The summed E-state index contributed by atoms with van der Waals surface area (Å²) in [7, 11) is 1.35. The topological polar surface area (TPSA) is 35.5 Å². The Morgan fingerprint density at radius 3 is 2.64 bits per heavy atom. The number of ether oxygens (including phenoxy) is 2. The van der Waals surface area contributed by atoms with E-state index in [1.54, 1.807) is 0 Å². The molecule has 1 unspecified atom stereocenters. The number of alkyl halides is 1. The molecule has 0 saturated heterocycles. The van der Waals surface area contributed by atoms with Crippen molar-refractivity contribution >= 4 is 17.6 Å². The molecule has 0 saturated carbocycles. The molecule has 11 heavy (non-hydrogen) atoms. The fraction of sp³-hybridized carbons (Fsp3) is 0.857. The Hall–Kier alpha value is -0.280. The Morgan fingerprint density at radius 2 is 2.27 bits per heavy atom. The largest absolute Gasteiger partial charge is 0.469 e. The molecule has 0 heterocycles. The van der Waals surface area contributed by atoms with E-state index < -0.39 is 0 Å². The predicted molar refractivity (Wildman–Crippen MR) is 42.8 cm³/mol. The third-order valence-corrected chi connectivity index (χ3v) is 1.54. The van der Waals surface area contributed by atoms with Gasteiger partial charge >= 0.3 is 5.97 Å². The second kappa shape index (κ2) is 6.43. The highest BCUT2D eigenvalue weighted by Crippen LogP contribution is 2.02. The third-order valence-electron chi connectivity index (χ3n) is 1.20. The lowest BCUT2D eigenvalue weighted by Gasteiger charge is -2.11. The SMILES string of the molecule is CCOC(CCl)CC(=O)OC. The van der Waals surface area contributed by atoms with Crippen LogP contribution in [-0.2, 0) is 14.3 Å². The van der Waals surface area contributed by atoms with Gasteiger partial charge in [-0.3, -0.25) is 4.79 Å². The zero-order chi connectivity index (χ0) is 8.69. The lowest BCUT2D eigenvalue weighted by atomic mass is 10.3. The average Bonchev–Trinajstić information content (AvgIpc) is 2.03. The summed E-state index contributed by atoms with van der Waals surface area (Å²) in [4.78, 5) is 10.7. The van der Waals surface area contributed by atoms with Crippen LogP contribution in [0.4, 0.5) is 0 Å². The van der Waals surface area contributed by atoms with Crippen molar-refractivity contribution in [3.63, 3.8) is 0 Å². The van der Waals surface area contributed by atoms with Gasteiger partial charge in [-0.25, -0.2) is 0 Å². The van der Waals surface area contributed by atoms with E-state index in [0.717, 1.165) is 0 Å². The molecule has 0 fully saturated rings. The van der Waals surface area contributed by atoms with Crippen LogP contribution in [-0.4, -0.2) is 31.7 Å². The summed E-state index contributed by atoms with van der Waals surface area (Å²) in [6.07, 6.45) is 0.0162. The molecule has 0 rings (SSSR count). The van der Waals surface area contributed by atoms with Gasteiger partial charge in [-0.2, -0.15) is 0 Å². The van der Waals surface area contributed by atoms with Gasteiger partial charge in [0.1, 0.15) is 0 Å². The second-order valence-corrected chi connectivity index (χ2v) is 2.32. The molecular formula is C7H13ClO3. The van der Waals surface area contributed by atoms with Crippen molar-refractivity contribution in [1.82, 2.24) is 0 Å². The molecule has 0 aromatic carbocycles. The van der Waals surface area contributed by atoms with Crippen molar-refractivity contribution in [2.75, 3.05) is 19.6 Å². The molecule has 0 N–H and O–H groups in total. The van der Waals surface area contributed by atoms with E-state index in [2.05, 4.69) is 4.74 Å². The van der Waals surface area contributed by atoms with Crippen molar-refractivity contribution < 1.29 is 14.3 Å². The number of carbonyl (C=O) groups excluding carboxylic acids is 1. The highest BCUT2D eigenvalue weighted by molar-refractivity contribution is 6.18. The fourth-order valence-electron chi connectivity index (χ4n) is 0.663. The molecule has 0 aromatic heterocycles. The zero-order valence-corrected chi connectivity index (χ0v) is 7.56. The predicted octanol–water partition coefficient (Wildman–Crippen LogP) is 1.19. The Balaban J connectivity index is 3.58. The molecule has 0 aliphatic heterocycles. The van der Waals surface area contributed by atoms with E-state index in [0.29, 0.717) is 12.5 Å². The highest BCUT2D eigenvalue weighted by atomic mass is 35.5. The lowest BCUT2D eigenvalue weighted by molar-refractivity contribution is -0.143. The van der Waals surface area contributed by atoms with E-state index in [-0.39, 0.29) is 18.5 Å². The van der Waals surface area contributed by atoms with Crippen LogP contribution in [0.5, 0.6) is 0 Å². The van der Waals surface area contributed by atoms with Gasteiger partial charge in [0, 0.05) is 12.5 Å². The van der Waals surface area contributed by atoms with Crippen molar-refractivity contribution in [2.24, 2.45) is 0 Å². The summed E-state index contributed by atoms with van der Waals surface area (Å²) < 4.78 is 9.58. The number of methoxy groups -OCH3 is 1. The second-order valence-electron chi connectivity index (χ2n) is 2.01. The van der Waals surface area contributed by atoms with Gasteiger partial charge in [0.15, 0.2) is 0 Å². The molecule has 0 bridgehead atoms. The van der Waals surface area contributed by atoms with Crippen LogP contribution < -0.4 is 0 Å². The summed E-state index contributed by atoms with van der Waals surface area (Å²) in [6, 6.07) is 0. The number of hydrogen-bond acceptors (Lipinski definition) is 3. The van der Waals surface area contributed by atoms with Crippen LogP contribution in [0.2, 0.25) is 0 Å². The van der Waals surface area contributed by atoms with Crippen LogP contribution in [0.25, 0.3) is 0 Å². The van der Waals surface area contributed by atoms with E-state index in [1.807, 2.05) is 6.92 Å². The summed E-state index contributed by atoms with van der Waals surface area (Å²) in [5, 5.41) is 0. The molecule has 66 valence electrons. The Bertz CT molecular complexity index is 116. The molecule has 0 amide bonds. The number of hydrogen-bond donors (Lipinski definition) is 0. The van der Waals surface area contributed by atoms with Gasteiger partial charge in [0.05, 0.1) is 19.6 Å². The number of rotatable bonds is 5. The summed E-state index contributed by atoms with van der Waals surface area (Å²) in [6.45, 7) is 2.42. The van der Waals surface area contributed by atoms with E-state index in [4.69, 9.17) is 16.3 Å². The minimum Gasteiger partial charge on any atom is -0.469 e. The molecule has 0 aliphatic carbocycles. The van der Waals surface area contributed by atoms with Gasteiger partial charge in [-0.1, -0.05) is 0 Å². The third kappa shape index (κ3) is 5.04. The van der Waals surface area contributed by atoms with Crippen LogP contribution in [0, 0.1) is 0 Å². The molecule has 3 nitrogen and oxygen atoms in total. The van der Waals surface area contributed by atoms with Gasteiger partial charge in [0.2, 0.25) is 0 Å². The first-order chi connectivity index (χ1) is 5.24. The molecular weight excluding hydrogens is 168 g/mol. The normalized spacial score (nSPS) is 12.6. The number of esters is 1. The molecule has 0 aliphatic rings. The van der Waals surface area contributed by atoms with E-state index >= 15 is 0 Å². The van der Waals surface area contributed by atoms with Crippen molar-refractivity contribution in [1.29, 1.82) is 0 Å². The van der Waals surface area contributed by atoms with Crippen LogP contribution in [0.3, 0.4) is 0 Å². The highest BCUT2D eigenvalue weighted by Gasteiger charge is 2.12. The van der Waals surface area contributed by atoms with Crippen LogP contribution >= 0.6 is 11.6 Å².